The van der Waals surface area contributed by atoms with E-state index in [4.69, 9.17) is 9.16 Å². The SMILES string of the molecule is CC[C@H]1C#CC#C[C@@H](O[Si](C)(C)C(C)(C)C)/C=C\CCCCCCCC(=O)O1. The zero-order valence-corrected chi connectivity index (χ0v) is 19.7. The number of hydrogen-bond donors (Lipinski definition) is 0. The number of ether oxygens (including phenoxy) is 1. The van der Waals surface area contributed by atoms with Crippen LogP contribution >= 0.6 is 0 Å². The van der Waals surface area contributed by atoms with Crippen LogP contribution in [0.3, 0.4) is 0 Å². The summed E-state index contributed by atoms with van der Waals surface area (Å²) >= 11 is 0. The van der Waals surface area contributed by atoms with Gasteiger partial charge in [-0.15, -0.1) is 0 Å². The summed E-state index contributed by atoms with van der Waals surface area (Å²) in [5.41, 5.74) is 0. The average Bonchev–Trinajstić information content (AvgIpc) is 2.60. The molecule has 0 saturated heterocycles. The maximum absolute atomic E-state index is 12.0. The molecule has 0 amide bonds. The molecule has 0 radical (unpaired) electrons. The lowest BCUT2D eigenvalue weighted by atomic mass is 10.1. The Bertz CT molecular complexity index is 635. The van der Waals surface area contributed by atoms with Crippen molar-refractivity contribution in [2.45, 2.75) is 109 Å². The number of hydrogen-bond acceptors (Lipinski definition) is 3. The highest BCUT2D eigenvalue weighted by Gasteiger charge is 2.38. The normalized spacial score (nSPS) is 24.0. The topological polar surface area (TPSA) is 35.5 Å². The molecule has 0 aromatic carbocycles. The molecule has 1 heterocycles. The largest absolute Gasteiger partial charge is 0.449 e. The van der Waals surface area contributed by atoms with Crippen molar-refractivity contribution in [3.8, 4) is 23.7 Å². The molecule has 0 aromatic rings. The summed E-state index contributed by atoms with van der Waals surface area (Å²) in [5.74, 6) is 11.8. The molecule has 0 unspecified atom stereocenters. The highest BCUT2D eigenvalue weighted by Crippen LogP contribution is 2.37. The van der Waals surface area contributed by atoms with Crippen molar-refractivity contribution in [1.82, 2.24) is 0 Å². The Balaban J connectivity index is 2.97. The van der Waals surface area contributed by atoms with Crippen molar-refractivity contribution < 1.29 is 14.0 Å². The van der Waals surface area contributed by atoms with Gasteiger partial charge in [0.2, 0.25) is 0 Å². The summed E-state index contributed by atoms with van der Waals surface area (Å²) in [5, 5.41) is 0.128. The Morgan fingerprint density at radius 1 is 1.11 bits per heavy atom. The fourth-order valence-corrected chi connectivity index (χ4v) is 3.67. The molecule has 0 aliphatic carbocycles. The van der Waals surface area contributed by atoms with Crippen molar-refractivity contribution in [1.29, 1.82) is 0 Å². The van der Waals surface area contributed by atoms with Crippen molar-refractivity contribution in [3.63, 3.8) is 0 Å². The molecule has 2 atom stereocenters. The number of cyclic esters (lactones) is 1. The first kappa shape index (κ1) is 24.5. The average molecular weight is 403 g/mol. The number of carbonyl (C=O) groups is 1. The minimum atomic E-state index is -1.92. The van der Waals surface area contributed by atoms with Gasteiger partial charge in [0.05, 0.1) is 0 Å². The molecular formula is C24H38O3Si. The molecule has 1 aliphatic heterocycles. The van der Waals surface area contributed by atoms with Crippen LogP contribution in [-0.4, -0.2) is 26.5 Å². The highest BCUT2D eigenvalue weighted by atomic mass is 28.4. The van der Waals surface area contributed by atoms with Gasteiger partial charge in [-0.05, 0) is 67.7 Å². The molecule has 1 aliphatic rings. The number of esters is 1. The lowest BCUT2D eigenvalue weighted by Crippen LogP contribution is -2.43. The molecule has 0 N–H and O–H groups in total. The third kappa shape index (κ3) is 9.63. The Morgan fingerprint density at radius 3 is 2.43 bits per heavy atom. The van der Waals surface area contributed by atoms with E-state index in [-0.39, 0.29) is 23.2 Å². The van der Waals surface area contributed by atoms with Gasteiger partial charge in [-0.1, -0.05) is 59.0 Å². The summed E-state index contributed by atoms with van der Waals surface area (Å²) in [6.07, 6.45) is 11.3. The van der Waals surface area contributed by atoms with Gasteiger partial charge in [0.25, 0.3) is 0 Å². The Kier molecular flexibility index (Phi) is 10.7. The molecule has 4 heteroatoms. The number of allylic oxidation sites excluding steroid dienone is 1. The maximum atomic E-state index is 12.0. The zero-order valence-electron chi connectivity index (χ0n) is 18.7. The van der Waals surface area contributed by atoms with E-state index in [0.29, 0.717) is 12.8 Å². The van der Waals surface area contributed by atoms with Crippen LogP contribution in [-0.2, 0) is 14.0 Å². The van der Waals surface area contributed by atoms with Crippen LogP contribution in [0, 0.1) is 23.7 Å². The lowest BCUT2D eigenvalue weighted by molar-refractivity contribution is -0.146. The molecule has 1 rings (SSSR count). The van der Waals surface area contributed by atoms with Gasteiger partial charge in [0.1, 0.15) is 6.10 Å². The van der Waals surface area contributed by atoms with E-state index in [1.807, 2.05) is 6.92 Å². The summed E-state index contributed by atoms with van der Waals surface area (Å²) in [7, 11) is -1.92. The van der Waals surface area contributed by atoms with E-state index in [1.54, 1.807) is 0 Å². The van der Waals surface area contributed by atoms with Gasteiger partial charge in [0, 0.05) is 6.42 Å². The zero-order chi connectivity index (χ0) is 21.0. The van der Waals surface area contributed by atoms with Crippen LogP contribution in [0.25, 0.3) is 0 Å². The summed E-state index contributed by atoms with van der Waals surface area (Å²) < 4.78 is 11.9. The number of rotatable bonds is 3. The minimum absolute atomic E-state index is 0.128. The Morgan fingerprint density at radius 2 is 1.75 bits per heavy atom. The second-order valence-corrected chi connectivity index (χ2v) is 13.7. The first-order valence-electron chi connectivity index (χ1n) is 10.7. The Labute approximate surface area is 173 Å². The van der Waals surface area contributed by atoms with Gasteiger partial charge < -0.3 is 9.16 Å². The van der Waals surface area contributed by atoms with Crippen LogP contribution in [0.4, 0.5) is 0 Å². The highest BCUT2D eigenvalue weighted by molar-refractivity contribution is 6.74. The fraction of sp³-hybridized carbons (Fsp3) is 0.708. The predicted octanol–water partition coefficient (Wildman–Crippen LogP) is 6.01. The monoisotopic (exact) mass is 402 g/mol. The quantitative estimate of drug-likeness (QED) is 0.251. The van der Waals surface area contributed by atoms with Crippen LogP contribution < -0.4 is 0 Å². The minimum Gasteiger partial charge on any atom is -0.449 e. The van der Waals surface area contributed by atoms with Gasteiger partial charge in [-0.2, -0.15) is 0 Å². The molecule has 3 nitrogen and oxygen atoms in total. The van der Waals surface area contributed by atoms with Crippen LogP contribution in [0.5, 0.6) is 0 Å². The molecule has 0 saturated carbocycles. The van der Waals surface area contributed by atoms with Gasteiger partial charge >= 0.3 is 5.97 Å². The van der Waals surface area contributed by atoms with E-state index < -0.39 is 8.32 Å². The fourth-order valence-electron chi connectivity index (χ4n) is 2.55. The van der Waals surface area contributed by atoms with Gasteiger partial charge in [-0.25, -0.2) is 0 Å². The third-order valence-corrected chi connectivity index (χ3v) is 9.90. The lowest BCUT2D eigenvalue weighted by Gasteiger charge is -2.37. The van der Waals surface area contributed by atoms with E-state index in [2.05, 4.69) is 69.7 Å². The van der Waals surface area contributed by atoms with Crippen LogP contribution in [0.2, 0.25) is 18.1 Å². The van der Waals surface area contributed by atoms with E-state index in [1.165, 1.54) is 6.42 Å². The van der Waals surface area contributed by atoms with E-state index >= 15 is 0 Å². The third-order valence-electron chi connectivity index (χ3n) is 5.44. The first-order valence-corrected chi connectivity index (χ1v) is 13.6. The summed E-state index contributed by atoms with van der Waals surface area (Å²) in [6, 6.07) is 0. The first-order chi connectivity index (χ1) is 13.2. The standard InChI is InChI=1S/C24H38O3Si/c1-7-21-17-15-16-19-22(27-28(5,6)24(2,3)4)18-13-11-9-8-10-12-14-20-23(25)26-21/h13,18,21-22H,7-12,14,20H2,1-6H3/b18-13-/t21-,22-/m0/s1. The molecule has 28 heavy (non-hydrogen) atoms. The van der Waals surface area contributed by atoms with Crippen molar-refractivity contribution in [2.24, 2.45) is 0 Å². The van der Waals surface area contributed by atoms with Gasteiger partial charge in [-0.3, -0.25) is 4.79 Å². The van der Waals surface area contributed by atoms with E-state index in [0.717, 1.165) is 32.1 Å². The second kappa shape index (κ2) is 12.2. The predicted molar refractivity (Wildman–Crippen MR) is 119 cm³/mol. The summed E-state index contributed by atoms with van der Waals surface area (Å²) in [4.78, 5) is 12.0. The maximum Gasteiger partial charge on any atom is 0.307 e. The van der Waals surface area contributed by atoms with Crippen LogP contribution in [0.1, 0.15) is 79.1 Å². The van der Waals surface area contributed by atoms with Gasteiger partial charge in [0.15, 0.2) is 14.4 Å². The van der Waals surface area contributed by atoms with Crippen LogP contribution in [0.15, 0.2) is 12.2 Å². The Hall–Kier alpha value is -1.49. The molecule has 156 valence electrons. The molecule has 0 spiro atoms. The van der Waals surface area contributed by atoms with E-state index in [9.17, 15) is 4.79 Å². The second-order valence-electron chi connectivity index (χ2n) is 8.96. The van der Waals surface area contributed by atoms with Crippen molar-refractivity contribution >= 4 is 14.3 Å². The molecule has 0 fully saturated rings. The molecular weight excluding hydrogens is 364 g/mol. The molecule has 0 bridgehead atoms. The van der Waals surface area contributed by atoms with Crippen molar-refractivity contribution in [3.05, 3.63) is 12.2 Å². The smallest absolute Gasteiger partial charge is 0.307 e. The summed E-state index contributed by atoms with van der Waals surface area (Å²) in [6.45, 7) is 13.1. The van der Waals surface area contributed by atoms with Crippen molar-refractivity contribution in [2.75, 3.05) is 0 Å². The molecule has 0 aromatic heterocycles. The number of carbonyl (C=O) groups excluding carboxylic acids is 1.